The Labute approximate surface area is 63.8 Å². The largest absolute Gasteiger partial charge is 0.393 e. The van der Waals surface area contributed by atoms with Gasteiger partial charge in [-0.2, -0.15) is 4.74 Å². The quantitative estimate of drug-likeness (QED) is 0.324. The number of hydrogen-bond donors (Lipinski definition) is 4. The van der Waals surface area contributed by atoms with Crippen LogP contribution in [0.15, 0.2) is 0 Å². The Morgan fingerprint density at radius 2 is 1.82 bits per heavy atom. The number of ether oxygens (including phenoxy) is 1. The average Bonchev–Trinajstić information content (AvgIpc) is 2.01. The summed E-state index contributed by atoms with van der Waals surface area (Å²) >= 11 is 0. The van der Waals surface area contributed by atoms with Crippen molar-refractivity contribution < 1.29 is 25.2 Å². The minimum atomic E-state index is -1.28. The maximum Gasteiger partial charge on any atom is 0.261 e. The second-order valence-corrected chi connectivity index (χ2v) is 2.46. The van der Waals surface area contributed by atoms with Crippen molar-refractivity contribution in [2.45, 2.75) is 24.4 Å². The Morgan fingerprint density at radius 3 is 2.36 bits per heavy atom. The van der Waals surface area contributed by atoms with E-state index in [1.807, 2.05) is 0 Å². The van der Waals surface area contributed by atoms with Gasteiger partial charge in [-0.05, 0) is 0 Å². The Hall–Kier alpha value is -0.330. The van der Waals surface area contributed by atoms with Gasteiger partial charge in [0.2, 0.25) is 0 Å². The van der Waals surface area contributed by atoms with Crippen LogP contribution in [0.1, 0.15) is 0 Å². The highest BCUT2D eigenvalue weighted by atomic mass is 16.5. The van der Waals surface area contributed by atoms with Gasteiger partial charge < -0.3 is 20.4 Å². The lowest BCUT2D eigenvalue weighted by Crippen LogP contribution is -2.52. The van der Waals surface area contributed by atoms with Crippen molar-refractivity contribution in [3.63, 3.8) is 0 Å². The summed E-state index contributed by atoms with van der Waals surface area (Å²) in [4.78, 5) is 0. The van der Waals surface area contributed by atoms with Gasteiger partial charge in [-0.3, -0.25) is 0 Å². The monoisotopic (exact) mass is 163 g/mol. The van der Waals surface area contributed by atoms with Crippen LogP contribution in [0.3, 0.4) is 0 Å². The summed E-state index contributed by atoms with van der Waals surface area (Å²) < 4.78 is 4.69. The van der Waals surface area contributed by atoms with Crippen molar-refractivity contribution >= 4 is 0 Å². The van der Waals surface area contributed by atoms with E-state index in [1.54, 1.807) is 0 Å². The molecule has 5 heteroatoms. The van der Waals surface area contributed by atoms with E-state index < -0.39 is 24.4 Å². The van der Waals surface area contributed by atoms with E-state index in [-0.39, 0.29) is 6.61 Å². The highest BCUT2D eigenvalue weighted by Crippen LogP contribution is 2.17. The Morgan fingerprint density at radius 1 is 1.18 bits per heavy atom. The molecule has 0 aliphatic carbocycles. The molecule has 64 valence electrons. The first kappa shape index (κ1) is 8.76. The van der Waals surface area contributed by atoms with Gasteiger partial charge in [-0.15, -0.1) is 0 Å². The average molecular weight is 163 g/mol. The molecule has 0 saturated carbocycles. The van der Waals surface area contributed by atoms with E-state index >= 15 is 0 Å². The lowest BCUT2D eigenvalue weighted by atomic mass is 10.0. The molecular formula is C6H11O5+. The molecule has 0 radical (unpaired) electrons. The summed E-state index contributed by atoms with van der Waals surface area (Å²) in [7, 11) is 0. The summed E-state index contributed by atoms with van der Waals surface area (Å²) in [5.41, 5.74) is 0. The summed E-state index contributed by atoms with van der Waals surface area (Å²) in [5.74, 6) is 0. The summed E-state index contributed by atoms with van der Waals surface area (Å²) in [6, 6.07) is 0. The number of aliphatic hydroxyl groups is 4. The maximum absolute atomic E-state index is 9.09. The molecule has 1 saturated heterocycles. The zero-order valence-corrected chi connectivity index (χ0v) is 5.79. The lowest BCUT2D eigenvalue weighted by Gasteiger charge is -2.26. The van der Waals surface area contributed by atoms with E-state index in [1.165, 1.54) is 0 Å². The summed E-state index contributed by atoms with van der Waals surface area (Å²) in [6.45, 7) is 0.611. The SMILES string of the molecule is OC[C@H]1O[CH+][C@H](O)[C@@H](O)[C@@H]1O. The van der Waals surface area contributed by atoms with Gasteiger partial charge >= 0.3 is 0 Å². The molecule has 0 aromatic heterocycles. The standard InChI is InChI=1S/C6H11O5/c7-1-4-6(10)5(9)3(8)2-11-4/h2-10H,1H2/q+1/t3-,4+,5+,6+/m0/s1. The molecular weight excluding hydrogens is 152 g/mol. The number of rotatable bonds is 1. The fraction of sp³-hybridized carbons (Fsp3) is 0.833. The smallest absolute Gasteiger partial charge is 0.261 e. The molecule has 0 bridgehead atoms. The first-order valence-electron chi connectivity index (χ1n) is 3.30. The van der Waals surface area contributed by atoms with Crippen LogP contribution in [0, 0.1) is 6.61 Å². The van der Waals surface area contributed by atoms with Crippen molar-refractivity contribution in [2.75, 3.05) is 6.61 Å². The third kappa shape index (κ3) is 1.63. The zero-order chi connectivity index (χ0) is 8.43. The van der Waals surface area contributed by atoms with Gasteiger partial charge in [-0.1, -0.05) is 0 Å². The van der Waals surface area contributed by atoms with Gasteiger partial charge in [0, 0.05) is 0 Å². The molecule has 4 atom stereocenters. The molecule has 0 unspecified atom stereocenters. The van der Waals surface area contributed by atoms with Gasteiger partial charge in [0.05, 0.1) is 6.61 Å². The molecule has 1 heterocycles. The highest BCUT2D eigenvalue weighted by Gasteiger charge is 2.44. The predicted molar refractivity (Wildman–Crippen MR) is 34.3 cm³/mol. The van der Waals surface area contributed by atoms with Crippen LogP contribution in [-0.4, -0.2) is 51.4 Å². The topological polar surface area (TPSA) is 90.2 Å². The van der Waals surface area contributed by atoms with Crippen LogP contribution in [0.4, 0.5) is 0 Å². The molecule has 4 N–H and O–H groups in total. The van der Waals surface area contributed by atoms with Crippen LogP contribution in [0.2, 0.25) is 0 Å². The molecule has 1 aliphatic rings. The van der Waals surface area contributed by atoms with Crippen LogP contribution < -0.4 is 0 Å². The third-order valence-corrected chi connectivity index (χ3v) is 1.65. The molecule has 0 spiro atoms. The van der Waals surface area contributed by atoms with Crippen molar-refractivity contribution in [3.8, 4) is 0 Å². The molecule has 1 fully saturated rings. The molecule has 5 nitrogen and oxygen atoms in total. The van der Waals surface area contributed by atoms with Crippen molar-refractivity contribution in [1.82, 2.24) is 0 Å². The molecule has 1 aliphatic heterocycles. The zero-order valence-electron chi connectivity index (χ0n) is 5.79. The highest BCUT2D eigenvalue weighted by molar-refractivity contribution is 4.91. The minimum absolute atomic E-state index is 0.387. The Bertz CT molecular complexity index is 126. The normalized spacial score (nSPS) is 45.1. The third-order valence-electron chi connectivity index (χ3n) is 1.65. The number of aliphatic hydroxyl groups excluding tert-OH is 4. The van der Waals surface area contributed by atoms with E-state index in [0.717, 1.165) is 6.61 Å². The van der Waals surface area contributed by atoms with Gasteiger partial charge in [0.1, 0.15) is 6.10 Å². The first-order chi connectivity index (χ1) is 5.16. The minimum Gasteiger partial charge on any atom is -0.393 e. The van der Waals surface area contributed by atoms with Crippen molar-refractivity contribution in [3.05, 3.63) is 6.61 Å². The van der Waals surface area contributed by atoms with Crippen LogP contribution >= 0.6 is 0 Å². The second kappa shape index (κ2) is 3.38. The Balaban J connectivity index is 2.52. The first-order valence-corrected chi connectivity index (χ1v) is 3.30. The molecule has 0 aromatic rings. The van der Waals surface area contributed by atoms with Crippen molar-refractivity contribution in [1.29, 1.82) is 0 Å². The molecule has 0 amide bonds. The Kier molecular flexibility index (Phi) is 2.69. The van der Waals surface area contributed by atoms with Crippen LogP contribution in [0.5, 0.6) is 0 Å². The van der Waals surface area contributed by atoms with E-state index in [2.05, 4.69) is 4.74 Å². The van der Waals surface area contributed by atoms with Gasteiger partial charge in [0.15, 0.2) is 12.2 Å². The van der Waals surface area contributed by atoms with Crippen LogP contribution in [0.25, 0.3) is 0 Å². The van der Waals surface area contributed by atoms with Gasteiger partial charge in [-0.25, -0.2) is 0 Å². The van der Waals surface area contributed by atoms with E-state index in [0.29, 0.717) is 0 Å². The fourth-order valence-electron chi connectivity index (χ4n) is 0.915. The van der Waals surface area contributed by atoms with Crippen molar-refractivity contribution in [2.24, 2.45) is 0 Å². The lowest BCUT2D eigenvalue weighted by molar-refractivity contribution is -0.169. The van der Waals surface area contributed by atoms with Crippen LogP contribution in [-0.2, 0) is 4.74 Å². The fourth-order valence-corrected chi connectivity index (χ4v) is 0.915. The second-order valence-electron chi connectivity index (χ2n) is 2.46. The molecule has 1 rings (SSSR count). The van der Waals surface area contributed by atoms with E-state index in [4.69, 9.17) is 20.4 Å². The molecule has 11 heavy (non-hydrogen) atoms. The summed E-state index contributed by atoms with van der Waals surface area (Å²) in [6.07, 6.45) is -4.54. The van der Waals surface area contributed by atoms with Gasteiger partial charge in [0.25, 0.3) is 12.7 Å². The predicted octanol–water partition coefficient (Wildman–Crippen LogP) is -2.38. The molecule has 0 aromatic carbocycles. The summed E-state index contributed by atoms with van der Waals surface area (Å²) in [5, 5.41) is 35.6. The van der Waals surface area contributed by atoms with E-state index in [9.17, 15) is 0 Å². The maximum atomic E-state index is 9.09. The number of hydrogen-bond acceptors (Lipinski definition) is 5.